The number of nitrogens with two attached hydrogens (primary N) is 3. The third kappa shape index (κ3) is 16.1. The Balaban J connectivity index is 5.49. The molecule has 41 heavy (non-hydrogen) atoms. The zero-order valence-corrected chi connectivity index (χ0v) is 24.7. The van der Waals surface area contributed by atoms with E-state index in [1.807, 2.05) is 13.8 Å². The highest BCUT2D eigenvalue weighted by atomic mass is 16.7. The van der Waals surface area contributed by atoms with E-state index in [1.165, 1.54) is 12.0 Å². The molecule has 0 aliphatic rings. The number of rotatable bonds is 22. The lowest BCUT2D eigenvalue weighted by Gasteiger charge is -2.25. The first kappa shape index (κ1) is 37.9. The smallest absolute Gasteiger partial charge is 0.245 e. The topological polar surface area (TPSA) is 244 Å². The normalized spacial score (nSPS) is 14.9. The van der Waals surface area contributed by atoms with Gasteiger partial charge in [0.05, 0.1) is 19.3 Å². The summed E-state index contributed by atoms with van der Waals surface area (Å²) in [5.74, 6) is -3.40. The summed E-state index contributed by atoms with van der Waals surface area (Å²) in [6.07, 6.45) is 3.41. The molecule has 0 fully saturated rings. The van der Waals surface area contributed by atoms with Gasteiger partial charge >= 0.3 is 0 Å². The first-order chi connectivity index (χ1) is 19.3. The van der Waals surface area contributed by atoms with Crippen LogP contribution in [-0.4, -0.2) is 103 Å². The van der Waals surface area contributed by atoms with Gasteiger partial charge in [0.25, 0.3) is 0 Å². The molecule has 11 N–H and O–H groups in total. The lowest BCUT2D eigenvalue weighted by atomic mass is 10.0. The van der Waals surface area contributed by atoms with Crippen molar-refractivity contribution in [2.45, 2.75) is 83.1 Å². The van der Waals surface area contributed by atoms with Gasteiger partial charge < -0.3 is 43.6 Å². The molecule has 0 rings (SSSR count). The molecule has 0 heterocycles. The Bertz CT molecular complexity index is 858. The number of carbonyl (C=O) groups is 5. The van der Waals surface area contributed by atoms with E-state index in [9.17, 15) is 29.1 Å². The largest absolute Gasteiger partial charge is 0.394 e. The molecule has 0 aliphatic heterocycles. The van der Waals surface area contributed by atoms with Gasteiger partial charge in [-0.1, -0.05) is 19.9 Å². The molecule has 5 atom stereocenters. The minimum Gasteiger partial charge on any atom is -0.394 e. The Morgan fingerprint density at radius 3 is 2.02 bits per heavy atom. The monoisotopic (exact) mass is 586 g/mol. The Morgan fingerprint density at radius 2 is 1.49 bits per heavy atom. The molecule has 0 unspecified atom stereocenters. The van der Waals surface area contributed by atoms with Crippen LogP contribution in [0.3, 0.4) is 0 Å². The van der Waals surface area contributed by atoms with Crippen LogP contribution in [0.5, 0.6) is 0 Å². The number of hydroxylamine groups is 2. The Morgan fingerprint density at radius 1 is 0.902 bits per heavy atom. The lowest BCUT2D eigenvalue weighted by molar-refractivity contribution is -0.142. The SMILES string of the molecule is C=CCN(C)OCC[C@H](NC(=O)[C@H](C)NC(=O)[C@@H](N)CC(C)C)C(=O)N[C@@H](CO)C(=O)N[C@@H](CCCCN)C(N)=O. The molecule has 236 valence electrons. The second-order valence-electron chi connectivity index (χ2n) is 10.2. The standard InChI is InChI=1S/C26H50N8O7/c1-6-12-34(5)41-13-10-20(32-23(37)17(4)30-24(38)18(28)14-16(2)3)25(39)33-21(15-35)26(40)31-19(22(29)36)9-7-8-11-27/h6,16-21,35H,1,7-15,27-28H2,2-5H3,(H2,29,36)(H,30,38)(H,31,40)(H,32,37)(H,33,39)/t17-,18-,19-,20-,21-/m0/s1. The van der Waals surface area contributed by atoms with Gasteiger partial charge in [-0.3, -0.25) is 28.8 Å². The van der Waals surface area contributed by atoms with Crippen molar-refractivity contribution >= 4 is 29.5 Å². The van der Waals surface area contributed by atoms with Crippen molar-refractivity contribution < 1.29 is 33.9 Å². The summed E-state index contributed by atoms with van der Waals surface area (Å²) in [6, 6.07) is -5.49. The van der Waals surface area contributed by atoms with E-state index in [0.29, 0.717) is 32.4 Å². The molecule has 0 aromatic carbocycles. The summed E-state index contributed by atoms with van der Waals surface area (Å²) in [5, 5.41) is 21.2. The summed E-state index contributed by atoms with van der Waals surface area (Å²) >= 11 is 0. The highest BCUT2D eigenvalue weighted by Gasteiger charge is 2.30. The number of nitrogens with zero attached hydrogens (tertiary/aromatic N) is 1. The number of hydrogen-bond acceptors (Lipinski definition) is 10. The van der Waals surface area contributed by atoms with Crippen molar-refractivity contribution in [1.82, 2.24) is 26.3 Å². The quantitative estimate of drug-likeness (QED) is 0.0372. The average molecular weight is 587 g/mol. The minimum absolute atomic E-state index is 0.00356. The Kier molecular flexibility index (Phi) is 19.1. The number of hydrogen-bond donors (Lipinski definition) is 8. The van der Waals surface area contributed by atoms with Gasteiger partial charge in [-0.05, 0) is 45.1 Å². The Hall–Kier alpha value is -3.11. The number of amides is 5. The molecular formula is C26H50N8O7. The molecule has 0 radical (unpaired) electrons. The van der Waals surface area contributed by atoms with Crippen molar-refractivity contribution in [1.29, 1.82) is 0 Å². The highest BCUT2D eigenvalue weighted by Crippen LogP contribution is 2.04. The van der Waals surface area contributed by atoms with Crippen LogP contribution < -0.4 is 38.5 Å². The number of aliphatic hydroxyl groups is 1. The Labute approximate surface area is 242 Å². The molecular weight excluding hydrogens is 536 g/mol. The first-order valence-corrected chi connectivity index (χ1v) is 13.8. The number of primary amides is 1. The van der Waals surface area contributed by atoms with Crippen LogP contribution in [0.25, 0.3) is 0 Å². The predicted octanol–water partition coefficient (Wildman–Crippen LogP) is -2.63. The fourth-order valence-electron chi connectivity index (χ4n) is 3.64. The average Bonchev–Trinajstić information content (AvgIpc) is 2.89. The lowest BCUT2D eigenvalue weighted by Crippen LogP contribution is -2.59. The summed E-state index contributed by atoms with van der Waals surface area (Å²) < 4.78 is 0. The van der Waals surface area contributed by atoms with Crippen molar-refractivity contribution in [3.63, 3.8) is 0 Å². The number of likely N-dealkylation sites (N-methyl/N-ethyl adjacent to an activating group) is 1. The summed E-state index contributed by atoms with van der Waals surface area (Å²) in [4.78, 5) is 68.4. The highest BCUT2D eigenvalue weighted by molar-refractivity contribution is 5.95. The molecule has 0 saturated heterocycles. The number of carbonyl (C=O) groups excluding carboxylic acids is 5. The van der Waals surface area contributed by atoms with E-state index >= 15 is 0 Å². The molecule has 15 heteroatoms. The van der Waals surface area contributed by atoms with E-state index in [4.69, 9.17) is 22.0 Å². The van der Waals surface area contributed by atoms with Gasteiger partial charge in [0.15, 0.2) is 0 Å². The summed E-state index contributed by atoms with van der Waals surface area (Å²) in [5.41, 5.74) is 16.7. The van der Waals surface area contributed by atoms with Crippen LogP contribution in [0.2, 0.25) is 0 Å². The third-order valence-corrected chi connectivity index (χ3v) is 5.97. The zero-order chi connectivity index (χ0) is 31.5. The molecule has 0 aliphatic carbocycles. The number of nitrogens with one attached hydrogen (secondary N) is 4. The van der Waals surface area contributed by atoms with Gasteiger partial charge in [-0.2, -0.15) is 5.06 Å². The van der Waals surface area contributed by atoms with Gasteiger partial charge in [0.2, 0.25) is 29.5 Å². The number of unbranched alkanes of at least 4 members (excludes halogenated alkanes) is 1. The van der Waals surface area contributed by atoms with Gasteiger partial charge in [-0.15, -0.1) is 6.58 Å². The summed E-state index contributed by atoms with van der Waals surface area (Å²) in [7, 11) is 1.65. The third-order valence-electron chi connectivity index (χ3n) is 5.97. The van der Waals surface area contributed by atoms with Gasteiger partial charge in [0, 0.05) is 20.0 Å². The van der Waals surface area contributed by atoms with Crippen molar-refractivity contribution in [3.05, 3.63) is 12.7 Å². The molecule has 0 bridgehead atoms. The van der Waals surface area contributed by atoms with Gasteiger partial charge in [0.1, 0.15) is 24.2 Å². The molecule has 0 aromatic rings. The summed E-state index contributed by atoms with van der Waals surface area (Å²) in [6.45, 7) is 8.91. The second-order valence-corrected chi connectivity index (χ2v) is 10.2. The number of aliphatic hydroxyl groups excluding tert-OH is 1. The molecule has 0 spiro atoms. The van der Waals surface area contributed by atoms with Crippen LogP contribution in [0.15, 0.2) is 12.7 Å². The minimum atomic E-state index is -1.44. The molecule has 15 nitrogen and oxygen atoms in total. The predicted molar refractivity (Wildman–Crippen MR) is 153 cm³/mol. The van der Waals surface area contributed by atoms with Crippen LogP contribution in [0.4, 0.5) is 0 Å². The van der Waals surface area contributed by atoms with Crippen LogP contribution >= 0.6 is 0 Å². The molecule has 0 aromatic heterocycles. The van der Waals surface area contributed by atoms with E-state index in [2.05, 4.69) is 27.8 Å². The van der Waals surface area contributed by atoms with E-state index in [1.54, 1.807) is 13.1 Å². The van der Waals surface area contributed by atoms with Crippen LogP contribution in [0.1, 0.15) is 52.9 Å². The first-order valence-electron chi connectivity index (χ1n) is 13.8. The maximum atomic E-state index is 13.1. The maximum Gasteiger partial charge on any atom is 0.245 e. The maximum absolute atomic E-state index is 13.1. The van der Waals surface area contributed by atoms with Crippen molar-refractivity contribution in [3.8, 4) is 0 Å². The van der Waals surface area contributed by atoms with E-state index in [0.717, 1.165) is 0 Å². The fourth-order valence-corrected chi connectivity index (χ4v) is 3.64. The van der Waals surface area contributed by atoms with Crippen LogP contribution in [0, 0.1) is 5.92 Å². The van der Waals surface area contributed by atoms with Crippen molar-refractivity contribution in [2.75, 3.05) is 33.4 Å². The van der Waals surface area contributed by atoms with E-state index < -0.39 is 66.4 Å². The zero-order valence-electron chi connectivity index (χ0n) is 24.7. The van der Waals surface area contributed by atoms with Crippen LogP contribution in [-0.2, 0) is 28.8 Å². The molecule has 5 amide bonds. The second kappa shape index (κ2) is 20.7. The van der Waals surface area contributed by atoms with Gasteiger partial charge in [-0.25, -0.2) is 0 Å². The van der Waals surface area contributed by atoms with E-state index in [-0.39, 0.29) is 25.4 Å². The van der Waals surface area contributed by atoms with Crippen molar-refractivity contribution in [2.24, 2.45) is 23.1 Å². The molecule has 0 saturated carbocycles. The fraction of sp³-hybridized carbons (Fsp3) is 0.731.